The molecule has 0 unspecified atom stereocenters. The maximum absolute atomic E-state index is 11.6. The van der Waals surface area contributed by atoms with Crippen LogP contribution in [0, 0.1) is 0 Å². The second-order valence-electron chi connectivity index (χ2n) is 3.95. The molecule has 0 fully saturated rings. The van der Waals surface area contributed by atoms with Gasteiger partial charge in [0, 0.05) is 13.3 Å². The van der Waals surface area contributed by atoms with E-state index in [1.54, 1.807) is 18.2 Å². The Morgan fingerprint density at radius 1 is 1.37 bits per heavy atom. The molecule has 0 aromatic heterocycles. The average molecular weight is 286 g/mol. The van der Waals surface area contributed by atoms with Crippen LogP contribution in [0.2, 0.25) is 5.02 Å². The van der Waals surface area contributed by atoms with Crippen molar-refractivity contribution in [2.45, 2.75) is 19.4 Å². The van der Waals surface area contributed by atoms with Crippen LogP contribution in [0.3, 0.4) is 0 Å². The van der Waals surface area contributed by atoms with Crippen LogP contribution < -0.4 is 10.1 Å². The number of hydrogen-bond acceptors (Lipinski definition) is 4. The third-order valence-corrected chi connectivity index (χ3v) is 2.81. The lowest BCUT2D eigenvalue weighted by molar-refractivity contribution is -0.144. The average Bonchev–Trinajstić information content (AvgIpc) is 2.36. The normalized spacial score (nSPS) is 11.6. The van der Waals surface area contributed by atoms with E-state index in [-0.39, 0.29) is 5.91 Å². The van der Waals surface area contributed by atoms with Crippen molar-refractivity contribution in [2.75, 3.05) is 14.2 Å². The Morgan fingerprint density at radius 3 is 2.53 bits per heavy atom. The summed E-state index contributed by atoms with van der Waals surface area (Å²) in [5.41, 5.74) is 0.801. The third kappa shape index (κ3) is 4.44. The number of carbonyl (C=O) groups excluding carboxylic acids is 2. The van der Waals surface area contributed by atoms with Gasteiger partial charge in [0.1, 0.15) is 11.8 Å². The highest BCUT2D eigenvalue weighted by atomic mass is 35.5. The molecule has 1 amide bonds. The van der Waals surface area contributed by atoms with Gasteiger partial charge < -0.3 is 14.8 Å². The smallest absolute Gasteiger partial charge is 0.328 e. The molecule has 0 aliphatic rings. The molecule has 1 aromatic carbocycles. The van der Waals surface area contributed by atoms with E-state index in [4.69, 9.17) is 16.3 Å². The molecule has 1 rings (SSSR count). The van der Waals surface area contributed by atoms with Crippen LogP contribution in [-0.4, -0.2) is 32.1 Å². The first-order valence-corrected chi connectivity index (χ1v) is 6.03. The summed E-state index contributed by atoms with van der Waals surface area (Å²) in [5.74, 6) is -0.239. The molecule has 0 aliphatic carbocycles. The summed E-state index contributed by atoms with van der Waals surface area (Å²) in [6.07, 6.45) is 0.302. The molecule has 0 bridgehead atoms. The van der Waals surface area contributed by atoms with E-state index in [1.165, 1.54) is 21.1 Å². The van der Waals surface area contributed by atoms with Crippen LogP contribution in [0.1, 0.15) is 12.5 Å². The highest BCUT2D eigenvalue weighted by Crippen LogP contribution is 2.25. The molecule has 0 saturated carbocycles. The Labute approximate surface area is 116 Å². The monoisotopic (exact) mass is 285 g/mol. The van der Waals surface area contributed by atoms with Gasteiger partial charge in [-0.15, -0.1) is 0 Å². The molecule has 0 spiro atoms. The fraction of sp³-hybridized carbons (Fsp3) is 0.385. The summed E-state index contributed by atoms with van der Waals surface area (Å²) in [6, 6.07) is 4.45. The molecule has 5 nitrogen and oxygen atoms in total. The first-order chi connectivity index (χ1) is 8.97. The van der Waals surface area contributed by atoms with E-state index in [9.17, 15) is 9.59 Å². The topological polar surface area (TPSA) is 64.6 Å². The van der Waals surface area contributed by atoms with Crippen molar-refractivity contribution < 1.29 is 19.1 Å². The molecule has 0 saturated heterocycles. The number of halogens is 1. The Hall–Kier alpha value is -1.75. The molecular formula is C13H16ClNO4. The Bertz CT molecular complexity index is 476. The van der Waals surface area contributed by atoms with E-state index in [0.29, 0.717) is 17.2 Å². The minimum Gasteiger partial charge on any atom is -0.495 e. The molecule has 19 heavy (non-hydrogen) atoms. The summed E-state index contributed by atoms with van der Waals surface area (Å²) >= 11 is 6.00. The molecular weight excluding hydrogens is 270 g/mol. The summed E-state index contributed by atoms with van der Waals surface area (Å²) < 4.78 is 9.69. The lowest BCUT2D eigenvalue weighted by atomic mass is 10.1. The summed E-state index contributed by atoms with van der Waals surface area (Å²) in [5, 5.41) is 2.99. The van der Waals surface area contributed by atoms with E-state index in [0.717, 1.165) is 5.56 Å². The maximum Gasteiger partial charge on any atom is 0.328 e. The third-order valence-electron chi connectivity index (χ3n) is 2.52. The minimum absolute atomic E-state index is 0.296. The highest BCUT2D eigenvalue weighted by molar-refractivity contribution is 6.32. The van der Waals surface area contributed by atoms with Crippen molar-refractivity contribution in [1.82, 2.24) is 5.32 Å². The van der Waals surface area contributed by atoms with Crippen LogP contribution >= 0.6 is 11.6 Å². The molecule has 6 heteroatoms. The molecule has 1 N–H and O–H groups in total. The van der Waals surface area contributed by atoms with E-state index >= 15 is 0 Å². The molecule has 0 aliphatic heterocycles. The van der Waals surface area contributed by atoms with Crippen LogP contribution in [0.4, 0.5) is 0 Å². The van der Waals surface area contributed by atoms with Crippen LogP contribution in [0.25, 0.3) is 0 Å². The summed E-state index contributed by atoms with van der Waals surface area (Å²) in [4.78, 5) is 22.6. The van der Waals surface area contributed by atoms with Gasteiger partial charge in [0.2, 0.25) is 5.91 Å². The number of nitrogens with one attached hydrogen (secondary N) is 1. The van der Waals surface area contributed by atoms with Crippen molar-refractivity contribution in [2.24, 2.45) is 0 Å². The molecule has 1 atom stereocenters. The zero-order chi connectivity index (χ0) is 14.4. The lowest BCUT2D eigenvalue weighted by Gasteiger charge is -2.16. The van der Waals surface area contributed by atoms with Gasteiger partial charge in [-0.25, -0.2) is 4.79 Å². The Morgan fingerprint density at radius 2 is 2.05 bits per heavy atom. The van der Waals surface area contributed by atoms with Gasteiger partial charge in [0.15, 0.2) is 0 Å². The first kappa shape index (κ1) is 15.3. The number of amides is 1. The number of esters is 1. The molecule has 1 aromatic rings. The summed E-state index contributed by atoms with van der Waals surface area (Å²) in [6.45, 7) is 1.34. The van der Waals surface area contributed by atoms with Gasteiger partial charge in [-0.1, -0.05) is 17.7 Å². The molecule has 104 valence electrons. The largest absolute Gasteiger partial charge is 0.495 e. The van der Waals surface area contributed by atoms with Crippen molar-refractivity contribution in [3.05, 3.63) is 28.8 Å². The number of hydrogen-bond donors (Lipinski definition) is 1. The zero-order valence-corrected chi connectivity index (χ0v) is 11.8. The van der Waals surface area contributed by atoms with E-state index in [2.05, 4.69) is 10.1 Å². The number of benzene rings is 1. The minimum atomic E-state index is -0.730. The molecule has 0 radical (unpaired) electrons. The van der Waals surface area contributed by atoms with Crippen LogP contribution in [-0.2, 0) is 20.7 Å². The number of carbonyl (C=O) groups is 2. The number of ether oxygens (including phenoxy) is 2. The van der Waals surface area contributed by atoms with Crippen molar-refractivity contribution >= 4 is 23.5 Å². The Balaban J connectivity index is 2.86. The maximum atomic E-state index is 11.6. The van der Waals surface area contributed by atoms with Gasteiger partial charge in [-0.2, -0.15) is 0 Å². The summed E-state index contributed by atoms with van der Waals surface area (Å²) in [7, 11) is 2.80. The fourth-order valence-corrected chi connectivity index (χ4v) is 1.93. The van der Waals surface area contributed by atoms with Crippen molar-refractivity contribution in [3.8, 4) is 5.75 Å². The highest BCUT2D eigenvalue weighted by Gasteiger charge is 2.20. The second-order valence-corrected chi connectivity index (χ2v) is 4.36. The SMILES string of the molecule is COC(=O)[C@H](Cc1ccc(OC)c(Cl)c1)NC(C)=O. The van der Waals surface area contributed by atoms with Crippen LogP contribution in [0.5, 0.6) is 5.75 Å². The van der Waals surface area contributed by atoms with E-state index < -0.39 is 12.0 Å². The Kier molecular flexibility index (Phi) is 5.63. The van der Waals surface area contributed by atoms with Gasteiger partial charge in [0.05, 0.1) is 19.2 Å². The lowest BCUT2D eigenvalue weighted by Crippen LogP contribution is -2.41. The van der Waals surface area contributed by atoms with Gasteiger partial charge in [-0.3, -0.25) is 4.79 Å². The number of rotatable bonds is 5. The van der Waals surface area contributed by atoms with Crippen molar-refractivity contribution in [3.63, 3.8) is 0 Å². The predicted molar refractivity (Wildman–Crippen MR) is 71.3 cm³/mol. The quantitative estimate of drug-likeness (QED) is 0.834. The van der Waals surface area contributed by atoms with Crippen molar-refractivity contribution in [1.29, 1.82) is 0 Å². The van der Waals surface area contributed by atoms with Gasteiger partial charge in [-0.05, 0) is 17.7 Å². The molecule has 0 heterocycles. The first-order valence-electron chi connectivity index (χ1n) is 5.65. The number of methoxy groups -OCH3 is 2. The van der Waals surface area contributed by atoms with Gasteiger partial charge >= 0.3 is 5.97 Å². The van der Waals surface area contributed by atoms with E-state index in [1.807, 2.05) is 0 Å². The fourth-order valence-electron chi connectivity index (χ4n) is 1.65. The predicted octanol–water partition coefficient (Wildman–Crippen LogP) is 1.57. The zero-order valence-electron chi connectivity index (χ0n) is 11.0. The standard InChI is InChI=1S/C13H16ClNO4/c1-8(16)15-11(13(17)19-3)7-9-4-5-12(18-2)10(14)6-9/h4-6,11H,7H2,1-3H3,(H,15,16)/t11-/m0/s1. The van der Waals surface area contributed by atoms with Gasteiger partial charge in [0.25, 0.3) is 0 Å². The van der Waals surface area contributed by atoms with Crippen LogP contribution in [0.15, 0.2) is 18.2 Å². The second kappa shape index (κ2) is 6.99.